The molecule has 8 nitrogen and oxygen atoms in total. The summed E-state index contributed by atoms with van der Waals surface area (Å²) in [4.78, 5) is 19.3. The van der Waals surface area contributed by atoms with Crippen molar-refractivity contribution in [1.29, 1.82) is 0 Å². The van der Waals surface area contributed by atoms with Gasteiger partial charge in [0, 0.05) is 49.1 Å². The van der Waals surface area contributed by atoms with E-state index < -0.39 is 6.10 Å². The van der Waals surface area contributed by atoms with E-state index in [4.69, 9.17) is 9.47 Å². The number of ether oxygens (including phenoxy) is 2. The zero-order chi connectivity index (χ0) is 21.5. The van der Waals surface area contributed by atoms with Crippen molar-refractivity contribution in [1.82, 2.24) is 19.5 Å². The molecule has 2 aliphatic heterocycles. The third kappa shape index (κ3) is 3.59. The smallest absolute Gasteiger partial charge is 0.252 e. The summed E-state index contributed by atoms with van der Waals surface area (Å²) < 4.78 is 27.8. The summed E-state index contributed by atoms with van der Waals surface area (Å²) in [7, 11) is 0. The quantitative estimate of drug-likeness (QED) is 0.680. The van der Waals surface area contributed by atoms with E-state index in [0.717, 1.165) is 11.1 Å². The minimum absolute atomic E-state index is 0.0394. The highest BCUT2D eigenvalue weighted by molar-refractivity contribution is 5.84. The number of rotatable bonds is 2. The Morgan fingerprint density at radius 1 is 1.35 bits per heavy atom. The van der Waals surface area contributed by atoms with E-state index in [1.54, 1.807) is 15.6 Å². The van der Waals surface area contributed by atoms with Crippen LogP contribution >= 0.6 is 0 Å². The predicted molar refractivity (Wildman–Crippen MR) is 113 cm³/mol. The second-order valence-corrected chi connectivity index (χ2v) is 7.89. The average molecular weight is 425 g/mol. The molecule has 5 rings (SSSR count). The maximum atomic E-state index is 14.4. The standard InChI is InChI=1S/C22H24FN5O3/c1-3-30-19-9-17-12-31-21-13(2)11-28-20(26-21)18(10-25-28)14-6-15(23)8-16(7-14)24-4-5-27(17)22(19)29/h6-8,10-11,17,19,24H,3-5,9,12H2,1-2H3/t17-,19+/m0/s1. The van der Waals surface area contributed by atoms with Gasteiger partial charge in [-0.3, -0.25) is 4.79 Å². The molecule has 2 atom stereocenters. The molecule has 0 unspecified atom stereocenters. The first-order valence-corrected chi connectivity index (χ1v) is 10.5. The van der Waals surface area contributed by atoms with Crippen molar-refractivity contribution in [2.75, 3.05) is 31.6 Å². The molecule has 4 bridgehead atoms. The lowest BCUT2D eigenvalue weighted by atomic mass is 10.1. The molecule has 0 radical (unpaired) electrons. The van der Waals surface area contributed by atoms with Gasteiger partial charge in [0.25, 0.3) is 5.91 Å². The average Bonchev–Trinajstić information content (AvgIpc) is 3.27. The van der Waals surface area contributed by atoms with Crippen LogP contribution < -0.4 is 10.1 Å². The van der Waals surface area contributed by atoms with Crippen molar-refractivity contribution in [2.24, 2.45) is 0 Å². The Morgan fingerprint density at radius 2 is 2.23 bits per heavy atom. The minimum Gasteiger partial charge on any atom is -0.475 e. The highest BCUT2D eigenvalue weighted by Gasteiger charge is 2.40. The van der Waals surface area contributed by atoms with Crippen LogP contribution in [0.25, 0.3) is 16.8 Å². The molecular formula is C22H24FN5O3. The summed E-state index contributed by atoms with van der Waals surface area (Å²) in [6.45, 7) is 5.53. The molecule has 1 saturated heterocycles. The van der Waals surface area contributed by atoms with Crippen LogP contribution in [0.1, 0.15) is 18.9 Å². The maximum Gasteiger partial charge on any atom is 0.252 e. The molecule has 1 aromatic carbocycles. The summed E-state index contributed by atoms with van der Waals surface area (Å²) >= 11 is 0. The molecule has 31 heavy (non-hydrogen) atoms. The van der Waals surface area contributed by atoms with Crippen LogP contribution in [0.5, 0.6) is 5.88 Å². The number of amides is 1. The van der Waals surface area contributed by atoms with Crippen LogP contribution in [0.4, 0.5) is 10.1 Å². The Hall–Kier alpha value is -3.20. The number of aryl methyl sites for hydroxylation is 1. The predicted octanol–water partition coefficient (Wildman–Crippen LogP) is 2.65. The summed E-state index contributed by atoms with van der Waals surface area (Å²) in [6.07, 6.45) is 3.62. The fourth-order valence-corrected chi connectivity index (χ4v) is 4.31. The minimum atomic E-state index is -0.465. The van der Waals surface area contributed by atoms with Gasteiger partial charge in [-0.2, -0.15) is 10.1 Å². The molecule has 9 heteroatoms. The van der Waals surface area contributed by atoms with Gasteiger partial charge in [-0.25, -0.2) is 8.91 Å². The van der Waals surface area contributed by atoms with Crippen LogP contribution in [-0.2, 0) is 9.53 Å². The number of aromatic nitrogens is 3. The molecule has 3 aromatic rings. The fourth-order valence-electron chi connectivity index (χ4n) is 4.31. The summed E-state index contributed by atoms with van der Waals surface area (Å²) in [5, 5.41) is 7.61. The molecule has 162 valence electrons. The van der Waals surface area contributed by atoms with Crippen LogP contribution in [0.15, 0.2) is 30.6 Å². The lowest BCUT2D eigenvalue weighted by Crippen LogP contribution is -2.41. The summed E-state index contributed by atoms with van der Waals surface area (Å²) in [5.41, 5.74) is 3.44. The van der Waals surface area contributed by atoms with Gasteiger partial charge in [-0.15, -0.1) is 0 Å². The lowest BCUT2D eigenvalue weighted by Gasteiger charge is -2.25. The molecule has 1 fully saturated rings. The first kappa shape index (κ1) is 19.7. The highest BCUT2D eigenvalue weighted by Crippen LogP contribution is 2.30. The number of hydrogen-bond acceptors (Lipinski definition) is 6. The number of hydrogen-bond donors (Lipinski definition) is 1. The van der Waals surface area contributed by atoms with Crippen molar-refractivity contribution in [3.63, 3.8) is 0 Å². The number of halogens is 1. The number of carbonyl (C=O) groups is 1. The summed E-state index contributed by atoms with van der Waals surface area (Å²) in [5.74, 6) is 0.0809. The molecule has 0 spiro atoms. The van der Waals surface area contributed by atoms with Gasteiger partial charge >= 0.3 is 0 Å². The molecule has 1 N–H and O–H groups in total. The van der Waals surface area contributed by atoms with E-state index in [1.807, 2.05) is 26.1 Å². The van der Waals surface area contributed by atoms with Gasteiger partial charge in [-0.05, 0) is 37.6 Å². The molecule has 0 aliphatic carbocycles. The van der Waals surface area contributed by atoms with E-state index in [-0.39, 0.29) is 17.8 Å². The van der Waals surface area contributed by atoms with E-state index in [0.29, 0.717) is 55.5 Å². The Morgan fingerprint density at radius 3 is 3.06 bits per heavy atom. The lowest BCUT2D eigenvalue weighted by molar-refractivity contribution is -0.137. The normalized spacial score (nSPS) is 21.0. The summed E-state index contributed by atoms with van der Waals surface area (Å²) in [6, 6.07) is 4.64. The third-order valence-corrected chi connectivity index (χ3v) is 5.79. The van der Waals surface area contributed by atoms with Crippen molar-refractivity contribution in [3.8, 4) is 17.0 Å². The Labute approximate surface area is 179 Å². The number of carbonyl (C=O) groups excluding carboxylic acids is 1. The molecule has 1 amide bonds. The van der Waals surface area contributed by atoms with Crippen LogP contribution in [0.3, 0.4) is 0 Å². The van der Waals surface area contributed by atoms with Crippen LogP contribution in [0.2, 0.25) is 0 Å². The SMILES string of the molecule is CCO[C@@H]1C[C@H]2COc3nc4c(cnn4cc3C)-c3cc(F)cc(c3)NCCN2C1=O. The van der Waals surface area contributed by atoms with Crippen LogP contribution in [-0.4, -0.2) is 63.9 Å². The van der Waals surface area contributed by atoms with Crippen molar-refractivity contribution in [2.45, 2.75) is 32.4 Å². The second-order valence-electron chi connectivity index (χ2n) is 7.89. The second kappa shape index (κ2) is 7.81. The van der Waals surface area contributed by atoms with Crippen LogP contribution in [0, 0.1) is 12.7 Å². The van der Waals surface area contributed by atoms with E-state index in [1.165, 1.54) is 12.1 Å². The highest BCUT2D eigenvalue weighted by atomic mass is 19.1. The van der Waals surface area contributed by atoms with Crippen molar-refractivity contribution >= 4 is 17.2 Å². The zero-order valence-corrected chi connectivity index (χ0v) is 17.5. The van der Waals surface area contributed by atoms with Crippen molar-refractivity contribution < 1.29 is 18.7 Å². The van der Waals surface area contributed by atoms with Gasteiger partial charge in [0.2, 0.25) is 5.88 Å². The van der Waals surface area contributed by atoms with E-state index >= 15 is 0 Å². The molecular weight excluding hydrogens is 401 g/mol. The van der Waals surface area contributed by atoms with Gasteiger partial charge in [-0.1, -0.05) is 0 Å². The molecule has 0 saturated carbocycles. The topological polar surface area (TPSA) is 81.0 Å². The molecule has 2 aliphatic rings. The number of nitrogens with one attached hydrogen (secondary N) is 1. The monoisotopic (exact) mass is 425 g/mol. The van der Waals surface area contributed by atoms with Crippen molar-refractivity contribution in [3.05, 3.63) is 42.0 Å². The Bertz CT molecular complexity index is 1150. The fraction of sp³-hybridized carbons (Fsp3) is 0.409. The largest absolute Gasteiger partial charge is 0.475 e. The van der Waals surface area contributed by atoms with Gasteiger partial charge in [0.15, 0.2) is 5.65 Å². The van der Waals surface area contributed by atoms with Gasteiger partial charge in [0.1, 0.15) is 18.5 Å². The third-order valence-electron chi connectivity index (χ3n) is 5.79. The van der Waals surface area contributed by atoms with E-state index in [9.17, 15) is 9.18 Å². The number of nitrogens with zero attached hydrogens (tertiary/aromatic N) is 4. The number of benzene rings is 1. The van der Waals surface area contributed by atoms with Gasteiger partial charge in [0.05, 0.1) is 12.2 Å². The first-order valence-electron chi connectivity index (χ1n) is 10.5. The van der Waals surface area contributed by atoms with E-state index in [2.05, 4.69) is 15.4 Å². The number of anilines is 1. The zero-order valence-electron chi connectivity index (χ0n) is 17.5. The maximum absolute atomic E-state index is 14.4. The molecule has 2 aromatic heterocycles. The Balaban J connectivity index is 1.58. The molecule has 4 heterocycles. The first-order chi connectivity index (χ1) is 15.0. The Kier molecular flexibility index (Phi) is 4.97. The van der Waals surface area contributed by atoms with Gasteiger partial charge < -0.3 is 19.7 Å². The number of fused-ring (bicyclic) bond motifs is 5.